The van der Waals surface area contributed by atoms with Crippen LogP contribution in [0, 0.1) is 6.92 Å². The fraction of sp³-hybridized carbons (Fsp3) is 0.417. The van der Waals surface area contributed by atoms with Gasteiger partial charge in [-0.05, 0) is 24.6 Å². The molecule has 1 aromatic carbocycles. The summed E-state index contributed by atoms with van der Waals surface area (Å²) in [5.74, 6) is -0.428. The maximum Gasteiger partial charge on any atom is 0.416 e. The molecule has 6 heteroatoms. The lowest BCUT2D eigenvalue weighted by Gasteiger charge is -2.13. The zero-order valence-corrected chi connectivity index (χ0v) is 10.0. The number of carbonyl (C=O) groups is 1. The van der Waals surface area contributed by atoms with Crippen molar-refractivity contribution < 1.29 is 22.7 Å². The topological polar surface area (TPSA) is 52.3 Å². The molecule has 0 bridgehead atoms. The second-order valence-corrected chi connectivity index (χ2v) is 3.95. The third-order valence-corrected chi connectivity index (χ3v) is 2.50. The van der Waals surface area contributed by atoms with Crippen LogP contribution >= 0.6 is 0 Å². The SMILES string of the molecule is COCC(N)C(=O)c1ccc(C(F)(F)F)cc1C. The maximum atomic E-state index is 12.5. The summed E-state index contributed by atoms with van der Waals surface area (Å²) in [5, 5.41) is 0. The molecule has 0 aliphatic carbocycles. The third kappa shape index (κ3) is 3.30. The van der Waals surface area contributed by atoms with Crippen LogP contribution < -0.4 is 5.73 Å². The number of nitrogens with two attached hydrogens (primary N) is 1. The molecular formula is C12H14F3NO2. The quantitative estimate of drug-likeness (QED) is 0.845. The minimum Gasteiger partial charge on any atom is -0.383 e. The minimum atomic E-state index is -4.42. The van der Waals surface area contributed by atoms with Gasteiger partial charge in [0.15, 0.2) is 5.78 Å². The Hall–Kier alpha value is -1.40. The number of rotatable bonds is 4. The number of methoxy groups -OCH3 is 1. The summed E-state index contributed by atoms with van der Waals surface area (Å²) in [5.41, 5.74) is 5.21. The van der Waals surface area contributed by atoms with Crippen molar-refractivity contribution in [3.8, 4) is 0 Å². The normalized spacial score (nSPS) is 13.4. The molecule has 1 unspecified atom stereocenters. The Balaban J connectivity index is 3.03. The fourth-order valence-electron chi connectivity index (χ4n) is 1.57. The first-order valence-electron chi connectivity index (χ1n) is 5.24. The number of benzene rings is 1. The van der Waals surface area contributed by atoms with Gasteiger partial charge < -0.3 is 10.5 Å². The Morgan fingerprint density at radius 2 is 2.06 bits per heavy atom. The Labute approximate surface area is 103 Å². The second-order valence-electron chi connectivity index (χ2n) is 3.95. The van der Waals surface area contributed by atoms with Crippen molar-refractivity contribution in [2.75, 3.05) is 13.7 Å². The average Bonchev–Trinajstić information content (AvgIpc) is 2.27. The van der Waals surface area contributed by atoms with Crippen molar-refractivity contribution in [2.45, 2.75) is 19.1 Å². The lowest BCUT2D eigenvalue weighted by atomic mass is 9.98. The predicted octanol–water partition coefficient (Wildman–Crippen LogP) is 2.17. The van der Waals surface area contributed by atoms with Gasteiger partial charge in [-0.1, -0.05) is 6.07 Å². The Morgan fingerprint density at radius 1 is 1.44 bits per heavy atom. The van der Waals surface area contributed by atoms with E-state index in [2.05, 4.69) is 0 Å². The van der Waals surface area contributed by atoms with Gasteiger partial charge in [-0.2, -0.15) is 13.2 Å². The van der Waals surface area contributed by atoms with Gasteiger partial charge in [0.2, 0.25) is 0 Å². The van der Waals surface area contributed by atoms with E-state index in [1.54, 1.807) is 0 Å². The molecular weight excluding hydrogens is 247 g/mol. The van der Waals surface area contributed by atoms with Crippen molar-refractivity contribution in [2.24, 2.45) is 5.73 Å². The van der Waals surface area contributed by atoms with E-state index >= 15 is 0 Å². The minimum absolute atomic E-state index is 0.0271. The maximum absolute atomic E-state index is 12.5. The molecule has 100 valence electrons. The Morgan fingerprint density at radius 3 is 2.50 bits per heavy atom. The van der Waals surface area contributed by atoms with Crippen LogP contribution in [0.4, 0.5) is 13.2 Å². The van der Waals surface area contributed by atoms with E-state index in [4.69, 9.17) is 10.5 Å². The predicted molar refractivity (Wildman–Crippen MR) is 60.4 cm³/mol. The second kappa shape index (κ2) is 5.49. The molecule has 0 fully saturated rings. The number of halogens is 3. The number of hydrogen-bond acceptors (Lipinski definition) is 3. The summed E-state index contributed by atoms with van der Waals surface area (Å²) in [6.45, 7) is 1.47. The summed E-state index contributed by atoms with van der Waals surface area (Å²) >= 11 is 0. The van der Waals surface area contributed by atoms with Gasteiger partial charge in [-0.25, -0.2) is 0 Å². The molecule has 1 atom stereocenters. The number of carbonyl (C=O) groups excluding carboxylic acids is 1. The Kier molecular flexibility index (Phi) is 4.48. The number of alkyl halides is 3. The van der Waals surface area contributed by atoms with Gasteiger partial charge in [0.05, 0.1) is 18.2 Å². The van der Waals surface area contributed by atoms with Gasteiger partial charge >= 0.3 is 6.18 Å². The molecule has 0 saturated carbocycles. The highest BCUT2D eigenvalue weighted by Crippen LogP contribution is 2.30. The molecule has 0 radical (unpaired) electrons. The first kappa shape index (κ1) is 14.7. The number of hydrogen-bond donors (Lipinski definition) is 1. The van der Waals surface area contributed by atoms with Gasteiger partial charge in [0.25, 0.3) is 0 Å². The molecule has 1 aromatic rings. The van der Waals surface area contributed by atoms with Crippen molar-refractivity contribution >= 4 is 5.78 Å². The summed E-state index contributed by atoms with van der Waals surface area (Å²) in [6.07, 6.45) is -4.42. The lowest BCUT2D eigenvalue weighted by Crippen LogP contribution is -2.35. The lowest BCUT2D eigenvalue weighted by molar-refractivity contribution is -0.137. The van der Waals surface area contributed by atoms with E-state index in [0.29, 0.717) is 0 Å². The fourth-order valence-corrected chi connectivity index (χ4v) is 1.57. The molecule has 3 nitrogen and oxygen atoms in total. The molecule has 0 aromatic heterocycles. The molecule has 2 N–H and O–H groups in total. The highest BCUT2D eigenvalue weighted by Gasteiger charge is 2.31. The first-order chi connectivity index (χ1) is 8.27. The number of Topliss-reactive ketones (excluding diaryl/α,β-unsaturated/α-hetero) is 1. The van der Waals surface area contributed by atoms with Gasteiger partial charge in [-0.3, -0.25) is 4.79 Å². The summed E-state index contributed by atoms with van der Waals surface area (Å²) in [4.78, 5) is 11.8. The van der Waals surface area contributed by atoms with E-state index in [1.165, 1.54) is 14.0 Å². The van der Waals surface area contributed by atoms with Crippen molar-refractivity contribution in [1.82, 2.24) is 0 Å². The van der Waals surface area contributed by atoms with Crippen LogP contribution in [0.1, 0.15) is 21.5 Å². The largest absolute Gasteiger partial charge is 0.416 e. The zero-order chi connectivity index (χ0) is 13.9. The van der Waals surface area contributed by atoms with Gasteiger partial charge in [0, 0.05) is 12.7 Å². The van der Waals surface area contributed by atoms with Crippen LogP contribution in [0.2, 0.25) is 0 Å². The van der Waals surface area contributed by atoms with Crippen LogP contribution in [0.3, 0.4) is 0 Å². The van der Waals surface area contributed by atoms with Crippen LogP contribution in [-0.4, -0.2) is 25.5 Å². The summed E-state index contributed by atoms with van der Waals surface area (Å²) in [6, 6.07) is 2.09. The van der Waals surface area contributed by atoms with E-state index in [9.17, 15) is 18.0 Å². The van der Waals surface area contributed by atoms with Gasteiger partial charge in [0.1, 0.15) is 0 Å². The van der Waals surface area contributed by atoms with E-state index in [1.807, 2.05) is 0 Å². The summed E-state index contributed by atoms with van der Waals surface area (Å²) in [7, 11) is 1.40. The molecule has 0 saturated heterocycles. The van der Waals surface area contributed by atoms with Gasteiger partial charge in [-0.15, -0.1) is 0 Å². The molecule has 0 aliphatic rings. The average molecular weight is 261 g/mol. The van der Waals surface area contributed by atoms with Crippen molar-refractivity contribution in [3.63, 3.8) is 0 Å². The highest BCUT2D eigenvalue weighted by atomic mass is 19.4. The molecule has 0 amide bonds. The molecule has 0 spiro atoms. The monoisotopic (exact) mass is 261 g/mol. The van der Waals surface area contributed by atoms with E-state index in [-0.39, 0.29) is 17.7 Å². The number of aryl methyl sites for hydroxylation is 1. The summed E-state index contributed by atoms with van der Waals surface area (Å²) < 4.78 is 42.1. The molecule has 18 heavy (non-hydrogen) atoms. The van der Waals surface area contributed by atoms with Crippen LogP contribution in [-0.2, 0) is 10.9 Å². The number of ether oxygens (including phenoxy) is 1. The van der Waals surface area contributed by atoms with E-state index in [0.717, 1.165) is 18.2 Å². The van der Waals surface area contributed by atoms with Crippen molar-refractivity contribution in [1.29, 1.82) is 0 Å². The first-order valence-corrected chi connectivity index (χ1v) is 5.24. The smallest absolute Gasteiger partial charge is 0.383 e. The molecule has 1 rings (SSSR count). The van der Waals surface area contributed by atoms with Crippen LogP contribution in [0.25, 0.3) is 0 Å². The number of ketones is 1. The third-order valence-electron chi connectivity index (χ3n) is 2.50. The van der Waals surface area contributed by atoms with Crippen LogP contribution in [0.5, 0.6) is 0 Å². The highest BCUT2D eigenvalue weighted by molar-refractivity contribution is 6.01. The Bertz CT molecular complexity index is 443. The van der Waals surface area contributed by atoms with E-state index < -0.39 is 23.6 Å². The van der Waals surface area contributed by atoms with Crippen LogP contribution in [0.15, 0.2) is 18.2 Å². The molecule has 0 aliphatic heterocycles. The standard InChI is InChI=1S/C12H14F3NO2/c1-7-5-8(12(13,14)15)3-4-9(7)11(17)10(16)6-18-2/h3-5,10H,6,16H2,1-2H3. The van der Waals surface area contributed by atoms with Crippen molar-refractivity contribution in [3.05, 3.63) is 34.9 Å². The molecule has 0 heterocycles. The zero-order valence-electron chi connectivity index (χ0n) is 10.0.